The fourth-order valence-corrected chi connectivity index (χ4v) is 5.84. The first kappa shape index (κ1) is 27.9. The zero-order valence-corrected chi connectivity index (χ0v) is 24.3. The highest BCUT2D eigenvalue weighted by atomic mass is 16.5. The molecule has 1 atom stereocenters. The number of likely N-dealkylation sites (N-methyl/N-ethyl adjacent to an activating group) is 1. The van der Waals surface area contributed by atoms with Gasteiger partial charge in [-0.1, -0.05) is 36.4 Å². The van der Waals surface area contributed by atoms with Crippen molar-refractivity contribution in [3.8, 4) is 22.6 Å². The van der Waals surface area contributed by atoms with Crippen LogP contribution in [-0.2, 0) is 9.53 Å². The number of carbonyl (C=O) groups is 1. The molecule has 2 aromatic heterocycles. The van der Waals surface area contributed by atoms with E-state index in [1.54, 1.807) is 19.5 Å². The van der Waals surface area contributed by atoms with Gasteiger partial charge in [-0.2, -0.15) is 0 Å². The summed E-state index contributed by atoms with van der Waals surface area (Å²) in [5.41, 5.74) is 10.8. The minimum Gasteiger partial charge on any atom is -0.457 e. The minimum absolute atomic E-state index is 0.0467. The summed E-state index contributed by atoms with van der Waals surface area (Å²) in [6.07, 6.45) is 8.30. The summed E-state index contributed by atoms with van der Waals surface area (Å²) in [4.78, 5) is 26.3. The number of hydrogen-bond donors (Lipinski definition) is 1. The van der Waals surface area contributed by atoms with Gasteiger partial charge < -0.3 is 29.6 Å². The number of nitrogen functional groups attached to an aromatic ring is 1. The highest BCUT2D eigenvalue weighted by molar-refractivity contribution is 6.03. The van der Waals surface area contributed by atoms with E-state index >= 15 is 0 Å². The number of benzene rings is 2. The van der Waals surface area contributed by atoms with Crippen LogP contribution in [0.25, 0.3) is 22.2 Å². The summed E-state index contributed by atoms with van der Waals surface area (Å²) in [6, 6.07) is 18.1. The van der Waals surface area contributed by atoms with Crippen molar-refractivity contribution in [3.05, 3.63) is 78.8 Å². The molecule has 1 amide bonds. The van der Waals surface area contributed by atoms with Gasteiger partial charge >= 0.3 is 0 Å². The van der Waals surface area contributed by atoms with Crippen molar-refractivity contribution in [2.45, 2.75) is 31.2 Å². The Balaban J connectivity index is 1.28. The average Bonchev–Trinajstić information content (AvgIpc) is 3.62. The molecule has 0 spiro atoms. The highest BCUT2D eigenvalue weighted by Gasteiger charge is 2.38. The van der Waals surface area contributed by atoms with Gasteiger partial charge in [0.2, 0.25) is 5.91 Å². The molecule has 1 aliphatic heterocycles. The number of anilines is 1. The number of aromatic nitrogens is 3. The summed E-state index contributed by atoms with van der Waals surface area (Å²) in [5, 5.41) is 0.889. The van der Waals surface area contributed by atoms with Crippen LogP contribution in [-0.4, -0.2) is 77.2 Å². The van der Waals surface area contributed by atoms with Crippen molar-refractivity contribution in [1.82, 2.24) is 24.3 Å². The number of fused-ring (bicyclic) bond motifs is 1. The molecule has 1 aliphatic carbocycles. The van der Waals surface area contributed by atoms with Crippen LogP contribution >= 0.6 is 0 Å². The molecule has 3 heterocycles. The quantitative estimate of drug-likeness (QED) is 0.247. The maximum absolute atomic E-state index is 13.1. The maximum atomic E-state index is 13.1. The molecule has 2 fully saturated rings. The molecular weight excluding hydrogens is 528 g/mol. The number of carbonyl (C=O) groups excluding carboxylic acids is 1. The zero-order valence-electron chi connectivity index (χ0n) is 24.3. The van der Waals surface area contributed by atoms with Crippen LogP contribution in [0.4, 0.5) is 5.82 Å². The predicted octanol–water partition coefficient (Wildman–Crippen LogP) is 5.26. The fourth-order valence-electron chi connectivity index (χ4n) is 5.84. The van der Waals surface area contributed by atoms with Crippen LogP contribution in [0.1, 0.15) is 36.9 Å². The second-order valence-electron chi connectivity index (χ2n) is 11.2. The largest absolute Gasteiger partial charge is 0.457 e. The average molecular weight is 567 g/mol. The normalized spacial score (nSPS) is 17.1. The van der Waals surface area contributed by atoms with Crippen LogP contribution < -0.4 is 10.5 Å². The second kappa shape index (κ2) is 12.3. The molecule has 2 N–H and O–H groups in total. The molecule has 1 saturated heterocycles. The Kier molecular flexibility index (Phi) is 8.21. The molecule has 9 heteroatoms. The lowest BCUT2D eigenvalue weighted by molar-refractivity contribution is -0.125. The Labute approximate surface area is 246 Å². The third-order valence-electron chi connectivity index (χ3n) is 8.13. The third kappa shape index (κ3) is 5.89. The molecule has 2 aliphatic rings. The Morgan fingerprint density at radius 3 is 2.57 bits per heavy atom. The molecule has 218 valence electrons. The van der Waals surface area contributed by atoms with Crippen molar-refractivity contribution in [2.75, 3.05) is 52.7 Å². The van der Waals surface area contributed by atoms with Crippen LogP contribution in [0, 0.1) is 0 Å². The number of para-hydroxylation sites is 1. The van der Waals surface area contributed by atoms with E-state index in [4.69, 9.17) is 20.2 Å². The van der Waals surface area contributed by atoms with Crippen molar-refractivity contribution in [2.24, 2.45) is 0 Å². The van der Waals surface area contributed by atoms with Crippen molar-refractivity contribution in [3.63, 3.8) is 0 Å². The number of methoxy groups -OCH3 is 1. The lowest BCUT2D eigenvalue weighted by Crippen LogP contribution is -2.28. The Morgan fingerprint density at radius 1 is 1.07 bits per heavy atom. The molecule has 0 radical (unpaired) electrons. The monoisotopic (exact) mass is 566 g/mol. The van der Waals surface area contributed by atoms with Crippen LogP contribution in [0.3, 0.4) is 0 Å². The van der Waals surface area contributed by atoms with Gasteiger partial charge in [0.15, 0.2) is 0 Å². The van der Waals surface area contributed by atoms with Gasteiger partial charge in [-0.15, -0.1) is 0 Å². The van der Waals surface area contributed by atoms with E-state index in [2.05, 4.69) is 26.6 Å². The summed E-state index contributed by atoms with van der Waals surface area (Å²) in [7, 11) is 3.71. The number of amides is 1. The van der Waals surface area contributed by atoms with Crippen molar-refractivity contribution in [1.29, 1.82) is 0 Å². The minimum atomic E-state index is 0.0467. The lowest BCUT2D eigenvalue weighted by atomic mass is 10.0. The highest BCUT2D eigenvalue weighted by Crippen LogP contribution is 2.51. The van der Waals surface area contributed by atoms with E-state index in [1.165, 1.54) is 5.69 Å². The van der Waals surface area contributed by atoms with Gasteiger partial charge in [0, 0.05) is 50.6 Å². The van der Waals surface area contributed by atoms with Gasteiger partial charge in [-0.05, 0) is 62.1 Å². The van der Waals surface area contributed by atoms with E-state index in [9.17, 15) is 4.79 Å². The first-order chi connectivity index (χ1) is 20.5. The molecule has 2 aromatic carbocycles. The van der Waals surface area contributed by atoms with E-state index < -0.39 is 0 Å². The SMILES string of the molecule is COCCN(C)C/C=C/C(=O)N1CC[C@@H](n2c(C3CC3)c(-c3ccc(Oc4ccccc4)cc3)c3c(N)ncnc32)C1. The van der Waals surface area contributed by atoms with Crippen molar-refractivity contribution < 1.29 is 14.3 Å². The lowest BCUT2D eigenvalue weighted by Gasteiger charge is -2.19. The van der Waals surface area contributed by atoms with Gasteiger partial charge in [-0.3, -0.25) is 4.79 Å². The topological polar surface area (TPSA) is 98.7 Å². The maximum Gasteiger partial charge on any atom is 0.246 e. The number of nitrogens with two attached hydrogens (primary N) is 1. The number of ether oxygens (including phenoxy) is 2. The number of nitrogens with zero attached hydrogens (tertiary/aromatic N) is 5. The van der Waals surface area contributed by atoms with Gasteiger partial charge in [0.25, 0.3) is 0 Å². The predicted molar refractivity (Wildman–Crippen MR) is 165 cm³/mol. The number of rotatable bonds is 11. The van der Waals surface area contributed by atoms with E-state index in [0.29, 0.717) is 38.0 Å². The first-order valence-corrected chi connectivity index (χ1v) is 14.6. The van der Waals surface area contributed by atoms with Crippen LogP contribution in [0.2, 0.25) is 0 Å². The van der Waals surface area contributed by atoms with Gasteiger partial charge in [-0.25, -0.2) is 9.97 Å². The second-order valence-corrected chi connectivity index (χ2v) is 11.2. The zero-order chi connectivity index (χ0) is 29.1. The summed E-state index contributed by atoms with van der Waals surface area (Å²) < 4.78 is 13.5. The smallest absolute Gasteiger partial charge is 0.246 e. The number of likely N-dealkylation sites (tertiary alicyclic amines) is 1. The van der Waals surface area contributed by atoms with Crippen LogP contribution in [0.15, 0.2) is 73.1 Å². The molecule has 9 nitrogen and oxygen atoms in total. The van der Waals surface area contributed by atoms with Crippen molar-refractivity contribution >= 4 is 22.8 Å². The number of hydrogen-bond acceptors (Lipinski definition) is 7. The summed E-state index contributed by atoms with van der Waals surface area (Å²) >= 11 is 0. The molecule has 4 aromatic rings. The molecule has 1 saturated carbocycles. The fraction of sp³-hybridized carbons (Fsp3) is 0.364. The standard InChI is InChI=1S/C33H38N6O3/c1-37(19-20-41-2)17-6-9-28(40)38-18-16-25(21-38)39-31(24-10-11-24)29(30-32(34)35-22-36-33(30)39)23-12-14-27(15-13-23)42-26-7-4-3-5-8-26/h3-9,12-15,22,24-25H,10-11,16-21H2,1-2H3,(H2,34,35,36)/b9-6+/t25-/m1/s1. The van der Waals surface area contributed by atoms with E-state index in [-0.39, 0.29) is 11.9 Å². The Morgan fingerprint density at radius 2 is 1.83 bits per heavy atom. The molecular formula is C33H38N6O3. The summed E-state index contributed by atoms with van der Waals surface area (Å²) in [6.45, 7) is 3.54. The van der Waals surface area contributed by atoms with Gasteiger partial charge in [0.1, 0.15) is 29.3 Å². The molecule has 6 rings (SSSR count). The van der Waals surface area contributed by atoms with Gasteiger partial charge in [0.05, 0.1) is 18.0 Å². The Hall–Kier alpha value is -4.21. The molecule has 0 bridgehead atoms. The van der Waals surface area contributed by atoms with E-state index in [1.807, 2.05) is 60.5 Å². The first-order valence-electron chi connectivity index (χ1n) is 14.6. The third-order valence-corrected chi connectivity index (χ3v) is 8.13. The molecule has 42 heavy (non-hydrogen) atoms. The Bertz CT molecular complexity index is 1560. The van der Waals surface area contributed by atoms with E-state index in [0.717, 1.165) is 59.5 Å². The van der Waals surface area contributed by atoms with Crippen LogP contribution in [0.5, 0.6) is 11.5 Å². The molecule has 0 unspecified atom stereocenters. The summed E-state index contributed by atoms with van der Waals surface area (Å²) in [5.74, 6) is 2.53.